The van der Waals surface area contributed by atoms with E-state index in [1.807, 2.05) is 53.8 Å². The topological polar surface area (TPSA) is 56.5 Å². The number of rotatable bonds is 3. The van der Waals surface area contributed by atoms with Gasteiger partial charge < -0.3 is 9.14 Å². The molecule has 0 bridgehead atoms. The fraction of sp³-hybridized carbons (Fsp3) is 0.118. The maximum absolute atomic E-state index is 12.2. The molecule has 0 amide bonds. The van der Waals surface area contributed by atoms with Gasteiger partial charge in [0.1, 0.15) is 17.3 Å². The average Bonchev–Trinajstić information content (AvgIpc) is 3.17. The molecule has 5 nitrogen and oxygen atoms in total. The van der Waals surface area contributed by atoms with Crippen molar-refractivity contribution >= 4 is 33.2 Å². The van der Waals surface area contributed by atoms with Gasteiger partial charge in [-0.15, -0.1) is 11.3 Å². The van der Waals surface area contributed by atoms with Crippen molar-refractivity contribution in [1.82, 2.24) is 14.4 Å². The highest BCUT2D eigenvalue weighted by Crippen LogP contribution is 2.22. The Balaban J connectivity index is 1.53. The van der Waals surface area contributed by atoms with Crippen molar-refractivity contribution in [2.75, 3.05) is 0 Å². The highest BCUT2D eigenvalue weighted by atomic mass is 32.1. The third kappa shape index (κ3) is 2.57. The van der Waals surface area contributed by atoms with Gasteiger partial charge in [-0.25, -0.2) is 14.8 Å². The van der Waals surface area contributed by atoms with E-state index in [1.165, 1.54) is 11.3 Å². The predicted octanol–water partition coefficient (Wildman–Crippen LogP) is 3.61. The van der Waals surface area contributed by atoms with Gasteiger partial charge in [-0.2, -0.15) is 0 Å². The van der Waals surface area contributed by atoms with Crippen molar-refractivity contribution in [3.05, 3.63) is 65.1 Å². The summed E-state index contributed by atoms with van der Waals surface area (Å²) < 4.78 is 8.30. The lowest BCUT2D eigenvalue weighted by atomic mass is 10.3. The molecule has 0 atom stereocenters. The number of nitrogens with zero attached hydrogens (tertiary/aromatic N) is 3. The molecular weight excluding hydrogens is 310 g/mol. The van der Waals surface area contributed by atoms with Gasteiger partial charge in [0.2, 0.25) is 0 Å². The third-order valence-electron chi connectivity index (χ3n) is 3.57. The summed E-state index contributed by atoms with van der Waals surface area (Å²) >= 11 is 1.53. The first-order valence-corrected chi connectivity index (χ1v) is 7.99. The Bertz CT molecular complexity index is 986. The zero-order chi connectivity index (χ0) is 15.8. The smallest absolute Gasteiger partial charge is 0.358 e. The normalized spacial score (nSPS) is 11.2. The van der Waals surface area contributed by atoms with E-state index < -0.39 is 5.97 Å². The van der Waals surface area contributed by atoms with E-state index in [0.29, 0.717) is 5.69 Å². The minimum Gasteiger partial charge on any atom is -0.454 e. The van der Waals surface area contributed by atoms with E-state index in [1.54, 1.807) is 6.20 Å². The Morgan fingerprint density at radius 3 is 2.87 bits per heavy atom. The second-order valence-corrected chi connectivity index (χ2v) is 6.29. The largest absolute Gasteiger partial charge is 0.454 e. The van der Waals surface area contributed by atoms with Crippen molar-refractivity contribution in [2.24, 2.45) is 0 Å². The Labute approximate surface area is 136 Å². The van der Waals surface area contributed by atoms with Crippen molar-refractivity contribution in [3.63, 3.8) is 0 Å². The molecule has 3 aromatic heterocycles. The van der Waals surface area contributed by atoms with Crippen LogP contribution in [-0.4, -0.2) is 20.3 Å². The van der Waals surface area contributed by atoms with Crippen LogP contribution in [0.1, 0.15) is 21.2 Å². The van der Waals surface area contributed by atoms with E-state index >= 15 is 0 Å². The molecule has 0 fully saturated rings. The standard InChI is InChI=1S/C17H13N3O2S/c1-11-5-4-8-15-18-13(9-20(11)15)17(21)22-10-16-19-12-6-2-3-7-14(12)23-16/h2-9H,10H2,1H3. The van der Waals surface area contributed by atoms with Crippen molar-refractivity contribution in [2.45, 2.75) is 13.5 Å². The van der Waals surface area contributed by atoms with Crippen LogP contribution in [0.5, 0.6) is 0 Å². The maximum atomic E-state index is 12.2. The lowest BCUT2D eigenvalue weighted by Crippen LogP contribution is -2.05. The molecule has 4 rings (SSSR count). The van der Waals surface area contributed by atoms with Gasteiger partial charge in [0.05, 0.1) is 10.2 Å². The molecule has 0 saturated heterocycles. The van der Waals surface area contributed by atoms with Crippen molar-refractivity contribution < 1.29 is 9.53 Å². The minimum atomic E-state index is -0.438. The molecule has 0 spiro atoms. The van der Waals surface area contributed by atoms with Crippen LogP contribution in [0.4, 0.5) is 0 Å². The van der Waals surface area contributed by atoms with Gasteiger partial charge in [0.25, 0.3) is 0 Å². The first-order valence-electron chi connectivity index (χ1n) is 7.17. The first-order chi connectivity index (χ1) is 11.2. The summed E-state index contributed by atoms with van der Waals surface area (Å²) in [5.74, 6) is -0.438. The lowest BCUT2D eigenvalue weighted by Gasteiger charge is -1.98. The van der Waals surface area contributed by atoms with Gasteiger partial charge in [-0.1, -0.05) is 18.2 Å². The number of hydrogen-bond donors (Lipinski definition) is 0. The van der Waals surface area contributed by atoms with Gasteiger partial charge in [-0.05, 0) is 31.2 Å². The van der Waals surface area contributed by atoms with Crippen LogP contribution in [0, 0.1) is 6.92 Å². The molecule has 0 radical (unpaired) electrons. The summed E-state index contributed by atoms with van der Waals surface area (Å²) in [6.07, 6.45) is 1.70. The van der Waals surface area contributed by atoms with E-state index in [2.05, 4.69) is 9.97 Å². The van der Waals surface area contributed by atoms with E-state index in [9.17, 15) is 4.79 Å². The number of hydrogen-bond acceptors (Lipinski definition) is 5. The SMILES string of the molecule is Cc1cccc2nc(C(=O)OCc3nc4ccccc4s3)cn12. The van der Waals surface area contributed by atoms with Gasteiger partial charge >= 0.3 is 5.97 Å². The zero-order valence-corrected chi connectivity index (χ0v) is 13.2. The number of ether oxygens (including phenoxy) is 1. The molecule has 6 heteroatoms. The Hall–Kier alpha value is -2.73. The molecule has 4 aromatic rings. The Morgan fingerprint density at radius 1 is 1.17 bits per heavy atom. The van der Waals surface area contributed by atoms with Gasteiger partial charge in [-0.3, -0.25) is 0 Å². The maximum Gasteiger partial charge on any atom is 0.358 e. The fourth-order valence-electron chi connectivity index (χ4n) is 2.43. The third-order valence-corrected chi connectivity index (χ3v) is 4.58. The van der Waals surface area contributed by atoms with Crippen LogP contribution in [0.3, 0.4) is 0 Å². The zero-order valence-electron chi connectivity index (χ0n) is 12.4. The number of imidazole rings is 1. The van der Waals surface area contributed by atoms with Crippen LogP contribution in [0.15, 0.2) is 48.7 Å². The molecule has 0 saturated carbocycles. The number of aromatic nitrogens is 3. The molecule has 0 unspecified atom stereocenters. The van der Waals surface area contributed by atoms with E-state index in [-0.39, 0.29) is 6.61 Å². The molecule has 3 heterocycles. The monoisotopic (exact) mass is 323 g/mol. The van der Waals surface area contributed by atoms with Gasteiger partial charge in [0, 0.05) is 11.9 Å². The molecule has 23 heavy (non-hydrogen) atoms. The summed E-state index contributed by atoms with van der Waals surface area (Å²) in [5.41, 5.74) is 2.98. The van der Waals surface area contributed by atoms with Crippen LogP contribution in [0.2, 0.25) is 0 Å². The molecule has 0 aliphatic rings. The first kappa shape index (κ1) is 13.9. The summed E-state index contributed by atoms with van der Waals surface area (Å²) in [6.45, 7) is 2.12. The van der Waals surface area contributed by atoms with Crippen LogP contribution < -0.4 is 0 Å². The number of carbonyl (C=O) groups is 1. The van der Waals surface area contributed by atoms with Crippen molar-refractivity contribution in [3.8, 4) is 0 Å². The molecular formula is C17H13N3O2S. The molecule has 0 aliphatic carbocycles. The van der Waals surface area contributed by atoms with Crippen LogP contribution in [0.25, 0.3) is 15.9 Å². The van der Waals surface area contributed by atoms with E-state index in [4.69, 9.17) is 4.74 Å². The number of fused-ring (bicyclic) bond motifs is 2. The number of carbonyl (C=O) groups excluding carboxylic acids is 1. The van der Waals surface area contributed by atoms with Crippen molar-refractivity contribution in [1.29, 1.82) is 0 Å². The number of thiazole rings is 1. The number of aryl methyl sites for hydroxylation is 1. The molecule has 1 aromatic carbocycles. The summed E-state index contributed by atoms with van der Waals surface area (Å²) in [6, 6.07) is 13.6. The lowest BCUT2D eigenvalue weighted by molar-refractivity contribution is 0.0466. The number of esters is 1. The number of pyridine rings is 1. The summed E-state index contributed by atoms with van der Waals surface area (Å²) in [4.78, 5) is 20.9. The predicted molar refractivity (Wildman–Crippen MR) is 88.7 cm³/mol. The molecule has 0 N–H and O–H groups in total. The van der Waals surface area contributed by atoms with E-state index in [0.717, 1.165) is 26.6 Å². The second kappa shape index (κ2) is 5.48. The summed E-state index contributed by atoms with van der Waals surface area (Å²) in [5, 5.41) is 0.777. The fourth-order valence-corrected chi connectivity index (χ4v) is 3.31. The van der Waals surface area contributed by atoms with Crippen LogP contribution in [-0.2, 0) is 11.3 Å². The Kier molecular flexibility index (Phi) is 3.31. The summed E-state index contributed by atoms with van der Waals surface area (Å²) in [7, 11) is 0. The average molecular weight is 323 g/mol. The van der Waals surface area contributed by atoms with Crippen LogP contribution >= 0.6 is 11.3 Å². The second-order valence-electron chi connectivity index (χ2n) is 5.17. The number of para-hydroxylation sites is 1. The quantitative estimate of drug-likeness (QED) is 0.540. The highest BCUT2D eigenvalue weighted by Gasteiger charge is 2.14. The van der Waals surface area contributed by atoms with Gasteiger partial charge in [0.15, 0.2) is 5.69 Å². The number of benzene rings is 1. The molecule has 0 aliphatic heterocycles. The Morgan fingerprint density at radius 2 is 2.04 bits per heavy atom. The molecule has 114 valence electrons. The highest BCUT2D eigenvalue weighted by molar-refractivity contribution is 7.18. The minimum absolute atomic E-state index is 0.158.